The summed E-state index contributed by atoms with van der Waals surface area (Å²) in [7, 11) is 0. The normalized spacial score (nSPS) is 12.1. The molecule has 16 heavy (non-hydrogen) atoms. The van der Waals surface area contributed by atoms with Crippen molar-refractivity contribution in [1.82, 2.24) is 0 Å². The lowest BCUT2D eigenvalue weighted by molar-refractivity contribution is -0.385. The smallest absolute Gasteiger partial charge is 0.272 e. The number of hydrogen-bond acceptors (Lipinski definition) is 3. The Morgan fingerprint density at radius 3 is 2.69 bits per heavy atom. The van der Waals surface area contributed by atoms with Crippen molar-refractivity contribution in [1.29, 1.82) is 0 Å². The van der Waals surface area contributed by atoms with Gasteiger partial charge in [-0.2, -0.15) is 0 Å². The first-order valence-corrected chi connectivity index (χ1v) is 5.19. The molecule has 0 fully saturated rings. The van der Waals surface area contributed by atoms with Crippen LogP contribution in [0.15, 0.2) is 18.2 Å². The number of amides is 1. The molecule has 0 bridgehead atoms. The minimum absolute atomic E-state index is 0.105. The van der Waals surface area contributed by atoms with Crippen LogP contribution in [0.5, 0.6) is 0 Å². The number of nitrogens with zero attached hydrogens (tertiary/aromatic N) is 1. The number of non-ortho nitro benzene ring substituents is 1. The van der Waals surface area contributed by atoms with Gasteiger partial charge >= 0.3 is 0 Å². The van der Waals surface area contributed by atoms with Gasteiger partial charge in [-0.1, -0.05) is 15.9 Å². The second kappa shape index (κ2) is 5.02. The Morgan fingerprint density at radius 2 is 2.19 bits per heavy atom. The number of halogens is 2. The van der Waals surface area contributed by atoms with E-state index >= 15 is 0 Å². The molecule has 86 valence electrons. The van der Waals surface area contributed by atoms with Crippen LogP contribution in [0.4, 0.5) is 10.1 Å². The lowest BCUT2D eigenvalue weighted by Crippen LogP contribution is -2.25. The maximum absolute atomic E-state index is 13.0. The Kier molecular flexibility index (Phi) is 3.94. The summed E-state index contributed by atoms with van der Waals surface area (Å²) in [5.74, 6) is -1.32. The Labute approximate surface area is 98.7 Å². The van der Waals surface area contributed by atoms with Gasteiger partial charge in [0.05, 0.1) is 15.8 Å². The number of nitro groups is 1. The van der Waals surface area contributed by atoms with Crippen LogP contribution < -0.4 is 5.73 Å². The molecule has 1 rings (SSSR count). The highest BCUT2D eigenvalue weighted by atomic mass is 79.9. The standard InChI is InChI=1S/C9H8BrFN2O3/c10-8(9(12)14)3-5-1-6(11)4-7(2-5)13(15)16/h1-2,4,8H,3H2,(H2,12,14). The molecule has 1 aromatic carbocycles. The lowest BCUT2D eigenvalue weighted by Gasteiger charge is -2.05. The fourth-order valence-electron chi connectivity index (χ4n) is 1.16. The van der Waals surface area contributed by atoms with E-state index in [4.69, 9.17) is 5.73 Å². The van der Waals surface area contributed by atoms with Gasteiger partial charge < -0.3 is 5.73 Å². The van der Waals surface area contributed by atoms with Crippen LogP contribution in [-0.2, 0) is 11.2 Å². The highest BCUT2D eigenvalue weighted by Gasteiger charge is 2.15. The van der Waals surface area contributed by atoms with Crippen LogP contribution in [0, 0.1) is 15.9 Å². The van der Waals surface area contributed by atoms with Gasteiger partial charge in [-0.3, -0.25) is 14.9 Å². The van der Waals surface area contributed by atoms with Crippen molar-refractivity contribution in [2.45, 2.75) is 11.2 Å². The van der Waals surface area contributed by atoms with E-state index in [1.165, 1.54) is 6.07 Å². The SMILES string of the molecule is NC(=O)C(Br)Cc1cc(F)cc([N+](=O)[O-])c1. The van der Waals surface area contributed by atoms with E-state index in [9.17, 15) is 19.3 Å². The van der Waals surface area contributed by atoms with Crippen molar-refractivity contribution in [2.24, 2.45) is 5.73 Å². The highest BCUT2D eigenvalue weighted by Crippen LogP contribution is 2.19. The van der Waals surface area contributed by atoms with Gasteiger partial charge in [0, 0.05) is 6.07 Å². The number of rotatable bonds is 4. The molecule has 0 aliphatic rings. The zero-order chi connectivity index (χ0) is 12.3. The van der Waals surface area contributed by atoms with Gasteiger partial charge in [-0.05, 0) is 18.1 Å². The van der Waals surface area contributed by atoms with Gasteiger partial charge in [0.2, 0.25) is 5.91 Å². The summed E-state index contributed by atoms with van der Waals surface area (Å²) in [6, 6.07) is 3.15. The maximum Gasteiger partial charge on any atom is 0.272 e. The number of benzene rings is 1. The number of hydrogen-bond donors (Lipinski definition) is 1. The minimum atomic E-state index is -0.714. The average Bonchev–Trinajstić information content (AvgIpc) is 2.16. The highest BCUT2D eigenvalue weighted by molar-refractivity contribution is 9.10. The Bertz CT molecular complexity index is 439. The summed E-state index contributed by atoms with van der Waals surface area (Å²) in [5.41, 5.74) is 5.00. The zero-order valence-electron chi connectivity index (χ0n) is 8.02. The Balaban J connectivity index is 2.97. The number of primary amides is 1. The third kappa shape index (κ3) is 3.27. The van der Waals surface area contributed by atoms with Gasteiger partial charge in [0.15, 0.2) is 0 Å². The second-order valence-electron chi connectivity index (χ2n) is 3.15. The fraction of sp³-hybridized carbons (Fsp3) is 0.222. The van der Waals surface area contributed by atoms with E-state index in [0.29, 0.717) is 5.56 Å². The third-order valence-corrected chi connectivity index (χ3v) is 2.65. The molecule has 0 aliphatic carbocycles. The van der Waals surface area contributed by atoms with Gasteiger partial charge in [0.1, 0.15) is 5.82 Å². The van der Waals surface area contributed by atoms with Crippen LogP contribution in [0.2, 0.25) is 0 Å². The van der Waals surface area contributed by atoms with Crippen molar-refractivity contribution in [2.75, 3.05) is 0 Å². The molecule has 1 unspecified atom stereocenters. The Hall–Kier alpha value is -1.50. The summed E-state index contributed by atoms with van der Waals surface area (Å²) in [4.78, 5) is 19.8. The van der Waals surface area contributed by atoms with E-state index in [0.717, 1.165) is 12.1 Å². The van der Waals surface area contributed by atoms with E-state index < -0.39 is 21.5 Å². The van der Waals surface area contributed by atoms with Gasteiger partial charge in [-0.15, -0.1) is 0 Å². The molecule has 1 atom stereocenters. The summed E-state index contributed by atoms with van der Waals surface area (Å²) in [6.45, 7) is 0. The number of alkyl halides is 1. The van der Waals surface area contributed by atoms with Crippen LogP contribution in [0.25, 0.3) is 0 Å². The van der Waals surface area contributed by atoms with Crippen molar-refractivity contribution in [3.63, 3.8) is 0 Å². The summed E-state index contributed by atoms with van der Waals surface area (Å²) >= 11 is 3.00. The molecule has 0 radical (unpaired) electrons. The predicted octanol–water partition coefficient (Wildman–Crippen LogP) is 1.53. The molecule has 0 spiro atoms. The van der Waals surface area contributed by atoms with E-state index in [-0.39, 0.29) is 12.1 Å². The largest absolute Gasteiger partial charge is 0.369 e. The molecule has 1 amide bonds. The molecule has 5 nitrogen and oxygen atoms in total. The molecule has 0 saturated carbocycles. The van der Waals surface area contributed by atoms with E-state index in [2.05, 4.69) is 15.9 Å². The first-order chi connectivity index (χ1) is 7.40. The van der Waals surface area contributed by atoms with Crippen molar-refractivity contribution >= 4 is 27.5 Å². The third-order valence-electron chi connectivity index (χ3n) is 1.88. The molecule has 0 aliphatic heterocycles. The molecule has 7 heteroatoms. The molecule has 0 saturated heterocycles. The number of carbonyl (C=O) groups excluding carboxylic acids is 1. The van der Waals surface area contributed by atoms with Crippen molar-refractivity contribution < 1.29 is 14.1 Å². The van der Waals surface area contributed by atoms with Crippen LogP contribution in [0.3, 0.4) is 0 Å². The molecular formula is C9H8BrFN2O3. The predicted molar refractivity (Wildman–Crippen MR) is 58.7 cm³/mol. The zero-order valence-corrected chi connectivity index (χ0v) is 9.61. The molecule has 2 N–H and O–H groups in total. The molecular weight excluding hydrogens is 283 g/mol. The number of nitrogens with two attached hydrogens (primary N) is 1. The fourth-order valence-corrected chi connectivity index (χ4v) is 1.54. The second-order valence-corrected chi connectivity index (χ2v) is 4.25. The summed E-state index contributed by atoms with van der Waals surface area (Å²) in [6.07, 6.45) is 0.105. The molecule has 1 aromatic rings. The van der Waals surface area contributed by atoms with Crippen LogP contribution in [-0.4, -0.2) is 15.7 Å². The average molecular weight is 291 g/mol. The van der Waals surface area contributed by atoms with Crippen molar-refractivity contribution in [3.8, 4) is 0 Å². The van der Waals surface area contributed by atoms with Crippen molar-refractivity contribution in [3.05, 3.63) is 39.7 Å². The van der Waals surface area contributed by atoms with Gasteiger partial charge in [-0.25, -0.2) is 4.39 Å². The summed E-state index contributed by atoms with van der Waals surface area (Å²) in [5, 5.41) is 10.5. The molecule has 0 heterocycles. The van der Waals surface area contributed by atoms with E-state index in [1.807, 2.05) is 0 Å². The van der Waals surface area contributed by atoms with Crippen LogP contribution in [0.1, 0.15) is 5.56 Å². The monoisotopic (exact) mass is 290 g/mol. The maximum atomic E-state index is 13.0. The first kappa shape index (κ1) is 12.6. The first-order valence-electron chi connectivity index (χ1n) is 4.27. The minimum Gasteiger partial charge on any atom is -0.369 e. The summed E-state index contributed by atoms with van der Waals surface area (Å²) < 4.78 is 13.0. The van der Waals surface area contributed by atoms with E-state index in [1.54, 1.807) is 0 Å². The molecule has 0 aromatic heterocycles. The number of nitro benzene ring substituents is 1. The van der Waals surface area contributed by atoms with Crippen LogP contribution >= 0.6 is 15.9 Å². The Morgan fingerprint density at radius 1 is 1.56 bits per heavy atom. The quantitative estimate of drug-likeness (QED) is 0.518. The topological polar surface area (TPSA) is 86.2 Å². The van der Waals surface area contributed by atoms with Gasteiger partial charge in [0.25, 0.3) is 5.69 Å². The number of carbonyl (C=O) groups is 1. The lowest BCUT2D eigenvalue weighted by atomic mass is 10.1.